The summed E-state index contributed by atoms with van der Waals surface area (Å²) >= 11 is 0. The number of ether oxygens (including phenoxy) is 1. The molecule has 0 spiro atoms. The Morgan fingerprint density at radius 3 is 2.24 bits per heavy atom. The maximum Gasteiger partial charge on any atom is 0.240 e. The van der Waals surface area contributed by atoms with Gasteiger partial charge in [0.05, 0.1) is 0 Å². The minimum Gasteiger partial charge on any atom is -0.505 e. The third-order valence-corrected chi connectivity index (χ3v) is 5.32. The first-order valence-corrected chi connectivity index (χ1v) is 10.8. The van der Waals surface area contributed by atoms with E-state index in [1.807, 2.05) is 39.0 Å². The van der Waals surface area contributed by atoms with E-state index in [0.29, 0.717) is 22.5 Å². The zero-order valence-electron chi connectivity index (χ0n) is 20.3. The standard InChI is InChI=1S/C26H31N3O4/c1-15(2)23(31)21(30)14-33-16-12-18(26(6,7)8)24(32)20(13-16)29-27-19-11-9-10-17(22(19)28-29)25(3,4)5/h9-13,32H,1,14H2,2-8H3. The monoisotopic (exact) mass is 449 g/mol. The van der Waals surface area contributed by atoms with E-state index < -0.39 is 23.6 Å². The lowest BCUT2D eigenvalue weighted by Gasteiger charge is -2.23. The predicted octanol–water partition coefficient (Wildman–Crippen LogP) is 4.81. The van der Waals surface area contributed by atoms with Gasteiger partial charge >= 0.3 is 0 Å². The number of aromatic hydroxyl groups is 1. The van der Waals surface area contributed by atoms with Crippen LogP contribution in [0.4, 0.5) is 0 Å². The van der Waals surface area contributed by atoms with E-state index >= 15 is 0 Å². The highest BCUT2D eigenvalue weighted by Crippen LogP contribution is 2.39. The summed E-state index contributed by atoms with van der Waals surface area (Å²) in [4.78, 5) is 25.3. The van der Waals surface area contributed by atoms with Crippen LogP contribution in [0.25, 0.3) is 16.7 Å². The quantitative estimate of drug-likeness (QED) is 0.429. The number of ketones is 2. The molecule has 0 aliphatic rings. The number of allylic oxidation sites excluding steroid dienone is 1. The van der Waals surface area contributed by atoms with Crippen LogP contribution in [-0.2, 0) is 20.4 Å². The summed E-state index contributed by atoms with van der Waals surface area (Å²) in [7, 11) is 0. The Labute approximate surface area is 194 Å². The van der Waals surface area contributed by atoms with E-state index in [-0.39, 0.29) is 16.7 Å². The fraction of sp³-hybridized carbons (Fsp3) is 0.385. The summed E-state index contributed by atoms with van der Waals surface area (Å²) in [5, 5.41) is 20.4. The van der Waals surface area contributed by atoms with Gasteiger partial charge in [-0.3, -0.25) is 9.59 Å². The van der Waals surface area contributed by atoms with Crippen LogP contribution < -0.4 is 4.74 Å². The summed E-state index contributed by atoms with van der Waals surface area (Å²) < 4.78 is 5.65. The number of benzene rings is 2. The molecule has 0 saturated carbocycles. The largest absolute Gasteiger partial charge is 0.505 e. The molecule has 0 bridgehead atoms. The Hall–Kier alpha value is -3.48. The van der Waals surface area contributed by atoms with Gasteiger partial charge in [-0.2, -0.15) is 0 Å². The average molecular weight is 450 g/mol. The predicted molar refractivity (Wildman–Crippen MR) is 128 cm³/mol. The van der Waals surface area contributed by atoms with Gasteiger partial charge in [-0.15, -0.1) is 15.0 Å². The first-order valence-electron chi connectivity index (χ1n) is 10.8. The summed E-state index contributed by atoms with van der Waals surface area (Å²) in [6.07, 6.45) is 0. The number of phenols is 1. The van der Waals surface area contributed by atoms with Crippen molar-refractivity contribution in [2.24, 2.45) is 0 Å². The van der Waals surface area contributed by atoms with Gasteiger partial charge in [0.2, 0.25) is 11.6 Å². The highest BCUT2D eigenvalue weighted by atomic mass is 16.5. The lowest BCUT2D eigenvalue weighted by Crippen LogP contribution is -2.22. The van der Waals surface area contributed by atoms with Crippen molar-refractivity contribution < 1.29 is 19.4 Å². The molecule has 1 N–H and O–H groups in total. The number of rotatable bonds is 6. The fourth-order valence-corrected chi connectivity index (χ4v) is 3.50. The van der Waals surface area contributed by atoms with Crippen molar-refractivity contribution in [1.82, 2.24) is 15.0 Å². The molecule has 1 heterocycles. The molecule has 0 aliphatic heterocycles. The molecule has 0 radical (unpaired) electrons. The Bertz CT molecular complexity index is 1260. The van der Waals surface area contributed by atoms with Gasteiger partial charge < -0.3 is 9.84 Å². The van der Waals surface area contributed by atoms with Crippen LogP contribution in [0, 0.1) is 0 Å². The number of fused-ring (bicyclic) bond motifs is 1. The summed E-state index contributed by atoms with van der Waals surface area (Å²) in [5.74, 6) is -1.00. The summed E-state index contributed by atoms with van der Waals surface area (Å²) in [6.45, 7) is 16.7. The van der Waals surface area contributed by atoms with Crippen LogP contribution in [0.3, 0.4) is 0 Å². The lowest BCUT2D eigenvalue weighted by atomic mass is 9.86. The average Bonchev–Trinajstić information content (AvgIpc) is 3.14. The molecule has 33 heavy (non-hydrogen) atoms. The second-order valence-corrected chi connectivity index (χ2v) is 10.3. The van der Waals surface area contributed by atoms with Crippen molar-refractivity contribution in [2.45, 2.75) is 59.3 Å². The van der Waals surface area contributed by atoms with E-state index in [1.54, 1.807) is 12.1 Å². The number of carbonyl (C=O) groups excluding carboxylic acids is 2. The topological polar surface area (TPSA) is 94.3 Å². The van der Waals surface area contributed by atoms with Gasteiger partial charge in [0, 0.05) is 11.6 Å². The summed E-state index contributed by atoms with van der Waals surface area (Å²) in [5.41, 5.74) is 3.01. The van der Waals surface area contributed by atoms with E-state index in [0.717, 1.165) is 11.1 Å². The Morgan fingerprint density at radius 1 is 1.03 bits per heavy atom. The second-order valence-electron chi connectivity index (χ2n) is 10.3. The van der Waals surface area contributed by atoms with Crippen LogP contribution in [0.1, 0.15) is 59.6 Å². The highest BCUT2D eigenvalue weighted by Gasteiger charge is 2.26. The van der Waals surface area contributed by atoms with Crippen molar-refractivity contribution in [3.8, 4) is 17.2 Å². The second kappa shape index (κ2) is 8.46. The molecule has 3 rings (SSSR count). The zero-order valence-corrected chi connectivity index (χ0v) is 20.3. The van der Waals surface area contributed by atoms with Crippen molar-refractivity contribution in [3.63, 3.8) is 0 Å². The number of Topliss-reactive ketones (excluding diaryl/α,β-unsaturated/α-hetero) is 2. The van der Waals surface area contributed by atoms with Crippen molar-refractivity contribution in [1.29, 1.82) is 0 Å². The molecule has 0 unspecified atom stereocenters. The van der Waals surface area contributed by atoms with Crippen LogP contribution in [0.2, 0.25) is 0 Å². The number of aromatic nitrogens is 3. The van der Waals surface area contributed by atoms with Gasteiger partial charge in [0.15, 0.2) is 6.61 Å². The van der Waals surface area contributed by atoms with Crippen LogP contribution in [0.5, 0.6) is 11.5 Å². The maximum absolute atomic E-state index is 12.1. The number of hydrogen-bond acceptors (Lipinski definition) is 6. The SMILES string of the molecule is C=C(C)C(=O)C(=O)COc1cc(-n2nc3cccc(C(C)(C)C)c3n2)c(O)c(C(C)(C)C)c1. The Balaban J connectivity index is 2.12. The van der Waals surface area contributed by atoms with Crippen LogP contribution in [-0.4, -0.2) is 38.3 Å². The molecule has 0 fully saturated rings. The zero-order chi connectivity index (χ0) is 24.7. The molecule has 3 aromatic rings. The summed E-state index contributed by atoms with van der Waals surface area (Å²) in [6, 6.07) is 9.07. The molecule has 0 atom stereocenters. The molecule has 7 nitrogen and oxygen atoms in total. The van der Waals surface area contributed by atoms with Gasteiger partial charge in [-0.05, 0) is 41.0 Å². The third-order valence-electron chi connectivity index (χ3n) is 5.32. The minimum absolute atomic E-state index is 0.0248. The van der Waals surface area contributed by atoms with Crippen molar-refractivity contribution >= 4 is 22.6 Å². The van der Waals surface area contributed by atoms with E-state index in [2.05, 4.69) is 37.5 Å². The lowest BCUT2D eigenvalue weighted by molar-refractivity contribution is -0.135. The molecular formula is C26H31N3O4. The van der Waals surface area contributed by atoms with Gasteiger partial charge in [-0.25, -0.2) is 0 Å². The number of hydrogen-bond donors (Lipinski definition) is 1. The Morgan fingerprint density at radius 2 is 1.67 bits per heavy atom. The maximum atomic E-state index is 12.1. The Kier molecular flexibility index (Phi) is 6.20. The van der Waals surface area contributed by atoms with Gasteiger partial charge in [0.25, 0.3) is 0 Å². The minimum atomic E-state index is -0.688. The van der Waals surface area contributed by atoms with Crippen LogP contribution in [0.15, 0.2) is 42.5 Å². The van der Waals surface area contributed by atoms with E-state index in [1.165, 1.54) is 11.7 Å². The van der Waals surface area contributed by atoms with Gasteiger partial charge in [-0.1, -0.05) is 60.3 Å². The van der Waals surface area contributed by atoms with E-state index in [4.69, 9.17) is 4.74 Å². The first-order chi connectivity index (χ1) is 15.2. The number of carbonyl (C=O) groups is 2. The molecule has 0 saturated heterocycles. The molecule has 7 heteroatoms. The van der Waals surface area contributed by atoms with Crippen molar-refractivity contribution in [2.75, 3.05) is 6.61 Å². The third kappa shape index (κ3) is 4.97. The fourth-order valence-electron chi connectivity index (χ4n) is 3.50. The first kappa shape index (κ1) is 24.2. The molecule has 174 valence electrons. The molecule has 0 amide bonds. The molecular weight excluding hydrogens is 418 g/mol. The van der Waals surface area contributed by atoms with Crippen LogP contribution >= 0.6 is 0 Å². The molecule has 1 aromatic heterocycles. The van der Waals surface area contributed by atoms with E-state index in [9.17, 15) is 14.7 Å². The normalized spacial score (nSPS) is 12.1. The van der Waals surface area contributed by atoms with Crippen molar-refractivity contribution in [3.05, 3.63) is 53.6 Å². The number of nitrogens with zero attached hydrogens (tertiary/aromatic N) is 3. The smallest absolute Gasteiger partial charge is 0.240 e. The number of phenolic OH excluding ortho intramolecular Hbond substituents is 1. The molecule has 0 aliphatic carbocycles. The molecule has 2 aromatic carbocycles. The van der Waals surface area contributed by atoms with Gasteiger partial charge in [0.1, 0.15) is 28.2 Å². The highest BCUT2D eigenvalue weighted by molar-refractivity contribution is 6.43.